The van der Waals surface area contributed by atoms with Crippen molar-refractivity contribution in [1.82, 2.24) is 0 Å². The number of halogens is 2. The Labute approximate surface area is 102 Å². The number of ether oxygens (including phenoxy) is 1. The van der Waals surface area contributed by atoms with Crippen molar-refractivity contribution >= 4 is 21.6 Å². The van der Waals surface area contributed by atoms with Gasteiger partial charge in [-0.2, -0.15) is 0 Å². The summed E-state index contributed by atoms with van der Waals surface area (Å²) in [7, 11) is 0. The van der Waals surface area contributed by atoms with E-state index in [1.165, 1.54) is 6.07 Å². The van der Waals surface area contributed by atoms with Gasteiger partial charge < -0.3 is 9.64 Å². The van der Waals surface area contributed by atoms with Crippen LogP contribution in [0.2, 0.25) is 0 Å². The van der Waals surface area contributed by atoms with Crippen molar-refractivity contribution in [3.63, 3.8) is 0 Å². The molecule has 0 amide bonds. The molecule has 1 fully saturated rings. The second kappa shape index (κ2) is 4.28. The number of anilines is 1. The third-order valence-corrected chi connectivity index (χ3v) is 2.22. The summed E-state index contributed by atoms with van der Waals surface area (Å²) in [5.74, 6) is -0.822. The van der Waals surface area contributed by atoms with Crippen LogP contribution in [0.4, 0.5) is 10.1 Å². The molecule has 0 unspecified atom stereocenters. The van der Waals surface area contributed by atoms with Gasteiger partial charge in [0, 0.05) is 18.7 Å². The molecule has 4 heteroatoms. The molecule has 0 bridgehead atoms. The van der Waals surface area contributed by atoms with Crippen molar-refractivity contribution in [3.05, 3.63) is 28.5 Å². The average Bonchev–Trinajstić information content (AvgIpc) is 2.30. The second-order valence-corrected chi connectivity index (χ2v) is 3.32. The molecule has 0 spiro atoms. The fourth-order valence-electron chi connectivity index (χ4n) is 0.944. The highest BCUT2D eigenvalue weighted by Gasteiger charge is 2.12. The van der Waals surface area contributed by atoms with E-state index in [1.54, 1.807) is 0 Å². The Morgan fingerprint density at radius 1 is 1.43 bits per heavy atom. The molecule has 2 nitrogen and oxygen atoms in total. The van der Waals surface area contributed by atoms with E-state index < -0.39 is 31.9 Å². The molecule has 1 aromatic rings. The van der Waals surface area contributed by atoms with Crippen LogP contribution in [0.15, 0.2) is 22.7 Å². The molecule has 2 rings (SSSR count). The fourth-order valence-corrected chi connectivity index (χ4v) is 1.19. The van der Waals surface area contributed by atoms with Crippen molar-refractivity contribution in [1.29, 1.82) is 0 Å². The highest BCUT2D eigenvalue weighted by Crippen LogP contribution is 2.22. The van der Waals surface area contributed by atoms with Crippen molar-refractivity contribution in [2.24, 2.45) is 0 Å². The molecule has 0 aliphatic carbocycles. The topological polar surface area (TPSA) is 12.5 Å². The van der Waals surface area contributed by atoms with Crippen LogP contribution in [-0.2, 0) is 4.74 Å². The number of hydrogen-bond acceptors (Lipinski definition) is 2. The first-order valence-corrected chi connectivity index (χ1v) is 4.49. The summed E-state index contributed by atoms with van der Waals surface area (Å²) >= 11 is 2.90. The van der Waals surface area contributed by atoms with E-state index in [2.05, 4.69) is 20.7 Å². The van der Waals surface area contributed by atoms with Crippen LogP contribution in [0.3, 0.4) is 0 Å². The standard InChI is InChI=1S/C10H11BrFNO/c11-9-2-1-8(7-10(9)12)13-3-5-14-6-4-13/h1-2,7H,3-6H2/i3D2,4D2,5D2,6D2. The van der Waals surface area contributed by atoms with Crippen molar-refractivity contribution in [2.45, 2.75) is 0 Å². The Kier molecular flexibility index (Phi) is 1.25. The van der Waals surface area contributed by atoms with E-state index in [1.807, 2.05) is 0 Å². The summed E-state index contributed by atoms with van der Waals surface area (Å²) in [6, 6.07) is 3.13. The van der Waals surface area contributed by atoms with Crippen molar-refractivity contribution < 1.29 is 20.1 Å². The molecule has 1 saturated heterocycles. The highest BCUT2D eigenvalue weighted by atomic mass is 79.9. The summed E-state index contributed by atoms with van der Waals surface area (Å²) in [6.45, 7) is -12.5. The van der Waals surface area contributed by atoms with Crippen LogP contribution >= 0.6 is 15.9 Å². The Hall–Kier alpha value is -0.610. The zero-order valence-corrected chi connectivity index (χ0v) is 8.43. The van der Waals surface area contributed by atoms with Crippen LogP contribution < -0.4 is 4.90 Å². The quantitative estimate of drug-likeness (QED) is 0.775. The van der Waals surface area contributed by atoms with E-state index in [9.17, 15) is 4.39 Å². The van der Waals surface area contributed by atoms with Gasteiger partial charge in [0.1, 0.15) is 5.82 Å². The van der Waals surface area contributed by atoms with Crippen LogP contribution in [0.25, 0.3) is 0 Å². The molecule has 76 valence electrons. The summed E-state index contributed by atoms with van der Waals surface area (Å²) < 4.78 is 79.7. The molecule has 0 aromatic heterocycles. The molecule has 14 heavy (non-hydrogen) atoms. The third-order valence-electron chi connectivity index (χ3n) is 1.58. The van der Waals surface area contributed by atoms with E-state index >= 15 is 0 Å². The number of hydrogen-bond donors (Lipinski definition) is 0. The molecule has 0 atom stereocenters. The lowest BCUT2D eigenvalue weighted by molar-refractivity contribution is 0.122. The van der Waals surface area contributed by atoms with Crippen LogP contribution in [-0.4, -0.2) is 26.1 Å². The zero-order chi connectivity index (χ0) is 17.1. The van der Waals surface area contributed by atoms with E-state index in [-0.39, 0.29) is 15.1 Å². The normalized spacial score (nSPS) is 40.0. The summed E-state index contributed by atoms with van der Waals surface area (Å²) in [5, 5.41) is 0. The highest BCUT2D eigenvalue weighted by molar-refractivity contribution is 9.10. The molecule has 1 aromatic carbocycles. The minimum absolute atomic E-state index is 0.0525. The summed E-state index contributed by atoms with van der Waals surface area (Å²) in [4.78, 5) is 0.221. The Bertz CT molecular complexity index is 585. The predicted octanol–water partition coefficient (Wildman–Crippen LogP) is 2.42. The smallest absolute Gasteiger partial charge is 0.139 e. The van der Waals surface area contributed by atoms with Crippen LogP contribution in [0.1, 0.15) is 11.0 Å². The van der Waals surface area contributed by atoms with Crippen molar-refractivity contribution in [3.8, 4) is 0 Å². The number of nitrogens with zero attached hydrogens (tertiary/aromatic N) is 1. The predicted molar refractivity (Wildman–Crippen MR) is 57.1 cm³/mol. The van der Waals surface area contributed by atoms with Gasteiger partial charge in [-0.15, -0.1) is 0 Å². The summed E-state index contributed by atoms with van der Waals surface area (Å²) in [6.07, 6.45) is 0. The fraction of sp³-hybridized carbons (Fsp3) is 0.400. The maximum absolute atomic E-state index is 13.7. The minimum atomic E-state index is -3.16. The maximum atomic E-state index is 13.7. The largest absolute Gasteiger partial charge is 0.378 e. The first-order chi connectivity index (χ1) is 9.74. The molecular formula is C10H11BrFNO. The van der Waals surface area contributed by atoms with E-state index in [0.29, 0.717) is 0 Å². The van der Waals surface area contributed by atoms with Crippen molar-refractivity contribution in [2.75, 3.05) is 31.0 Å². The second-order valence-electron chi connectivity index (χ2n) is 2.46. The monoisotopic (exact) mass is 267 g/mol. The lowest BCUT2D eigenvalue weighted by Crippen LogP contribution is -2.36. The molecular weight excluding hydrogens is 249 g/mol. The minimum Gasteiger partial charge on any atom is -0.378 e. The molecule has 1 aliphatic rings. The van der Waals surface area contributed by atoms with E-state index in [4.69, 9.17) is 11.0 Å². The van der Waals surface area contributed by atoms with Gasteiger partial charge >= 0.3 is 0 Å². The van der Waals surface area contributed by atoms with E-state index in [0.717, 1.165) is 12.1 Å². The van der Waals surface area contributed by atoms with Gasteiger partial charge in [-0.25, -0.2) is 4.39 Å². The van der Waals surface area contributed by atoms with Crippen LogP contribution in [0.5, 0.6) is 0 Å². The number of benzene rings is 1. The van der Waals surface area contributed by atoms with Gasteiger partial charge in [-0.05, 0) is 34.1 Å². The average molecular weight is 268 g/mol. The Morgan fingerprint density at radius 2 is 2.14 bits per heavy atom. The van der Waals surface area contributed by atoms with Gasteiger partial charge in [-0.3, -0.25) is 0 Å². The maximum Gasteiger partial charge on any atom is 0.139 e. The SMILES string of the molecule is [2H]C1([2H])OC([2H])([2H])C([2H])([2H])N(c2ccc(Br)c(F)c2)C1([2H])[2H]. The zero-order valence-electron chi connectivity index (χ0n) is 14.8. The number of rotatable bonds is 1. The van der Waals surface area contributed by atoms with Gasteiger partial charge in [0.15, 0.2) is 0 Å². The molecule has 1 aliphatic heterocycles. The molecule has 0 N–H and O–H groups in total. The molecule has 0 saturated carbocycles. The third kappa shape index (κ3) is 2.07. The van der Waals surface area contributed by atoms with Gasteiger partial charge in [0.05, 0.1) is 28.6 Å². The first kappa shape index (κ1) is 4.10. The lowest BCUT2D eigenvalue weighted by atomic mass is 10.2. The molecule has 1 heterocycles. The Morgan fingerprint density at radius 3 is 2.79 bits per heavy atom. The first-order valence-electron chi connectivity index (χ1n) is 7.70. The van der Waals surface area contributed by atoms with Gasteiger partial charge in [0.25, 0.3) is 0 Å². The summed E-state index contributed by atoms with van der Waals surface area (Å²) in [5.41, 5.74) is -0.355. The lowest BCUT2D eigenvalue weighted by Gasteiger charge is -2.28. The number of morpholine rings is 1. The van der Waals surface area contributed by atoms with Gasteiger partial charge in [-0.1, -0.05) is 0 Å². The molecule has 0 radical (unpaired) electrons. The Balaban J connectivity index is 2.68. The van der Waals surface area contributed by atoms with Crippen LogP contribution in [0, 0.1) is 5.82 Å². The van der Waals surface area contributed by atoms with Gasteiger partial charge in [0.2, 0.25) is 0 Å².